The number of esters is 1. The molecule has 0 bridgehead atoms. The number of rotatable bonds is 2. The van der Waals surface area contributed by atoms with Crippen LogP contribution in [0, 0.1) is 0 Å². The third kappa shape index (κ3) is 5.86. The molecule has 0 radical (unpaired) electrons. The summed E-state index contributed by atoms with van der Waals surface area (Å²) in [6.07, 6.45) is 0.647. The summed E-state index contributed by atoms with van der Waals surface area (Å²) in [6.45, 7) is 10.3. The number of hydrogen-bond donors (Lipinski definition) is 0. The molecule has 0 aromatic heterocycles. The van der Waals surface area contributed by atoms with Crippen molar-refractivity contribution in [1.82, 2.24) is 4.90 Å². The molecule has 0 fully saturated rings. The fourth-order valence-corrected chi connectivity index (χ4v) is 2.19. The van der Waals surface area contributed by atoms with E-state index in [9.17, 15) is 14.4 Å². The lowest BCUT2D eigenvalue weighted by molar-refractivity contribution is -0.136. The predicted octanol–water partition coefficient (Wildman–Crippen LogP) is 3.42. The maximum atomic E-state index is 12.5. The maximum Gasteiger partial charge on any atom is 0.420 e. The van der Waals surface area contributed by atoms with Gasteiger partial charge < -0.3 is 14.2 Å². The molecule has 0 aromatic carbocycles. The SMILES string of the molecule is COC(=O)C1=CC[C@@H](N(C(=O)OC(C)(C)C)C(=O)OC(C)(C)C)C1. The number of ether oxygens (including phenoxy) is 3. The highest BCUT2D eigenvalue weighted by atomic mass is 16.6. The molecule has 0 aliphatic heterocycles. The van der Waals surface area contributed by atoms with Crippen molar-refractivity contribution in [3.63, 3.8) is 0 Å². The minimum absolute atomic E-state index is 0.213. The van der Waals surface area contributed by atoms with Crippen molar-refractivity contribution in [3.05, 3.63) is 11.6 Å². The Balaban J connectivity index is 2.97. The number of nitrogens with zero attached hydrogens (tertiary/aromatic N) is 1. The van der Waals surface area contributed by atoms with Gasteiger partial charge in [-0.2, -0.15) is 0 Å². The summed E-state index contributed by atoms with van der Waals surface area (Å²) in [5, 5.41) is 0. The van der Waals surface area contributed by atoms with E-state index in [1.807, 2.05) is 0 Å². The Hall–Kier alpha value is -2.05. The fraction of sp³-hybridized carbons (Fsp3) is 0.706. The zero-order valence-corrected chi connectivity index (χ0v) is 15.5. The molecule has 0 heterocycles. The van der Waals surface area contributed by atoms with Gasteiger partial charge in [-0.1, -0.05) is 6.08 Å². The molecule has 1 aliphatic carbocycles. The summed E-state index contributed by atoms with van der Waals surface area (Å²) in [4.78, 5) is 37.6. The summed E-state index contributed by atoms with van der Waals surface area (Å²) < 4.78 is 15.3. The molecule has 24 heavy (non-hydrogen) atoms. The Labute approximate surface area is 142 Å². The molecule has 7 heteroatoms. The Morgan fingerprint density at radius 3 is 1.83 bits per heavy atom. The summed E-state index contributed by atoms with van der Waals surface area (Å²) in [7, 11) is 1.29. The van der Waals surface area contributed by atoms with Crippen LogP contribution in [0.2, 0.25) is 0 Å². The Morgan fingerprint density at radius 2 is 1.46 bits per heavy atom. The maximum absolute atomic E-state index is 12.5. The molecule has 2 amide bonds. The van der Waals surface area contributed by atoms with Gasteiger partial charge in [0.25, 0.3) is 0 Å². The Bertz CT molecular complexity index is 510. The number of imide groups is 1. The first-order valence-corrected chi connectivity index (χ1v) is 7.86. The first-order chi connectivity index (χ1) is 10.8. The molecule has 1 atom stereocenters. The van der Waals surface area contributed by atoms with Crippen LogP contribution in [0.15, 0.2) is 11.6 Å². The number of carbonyl (C=O) groups excluding carboxylic acids is 3. The van der Waals surface area contributed by atoms with Crippen molar-refractivity contribution in [3.8, 4) is 0 Å². The fourth-order valence-electron chi connectivity index (χ4n) is 2.19. The molecule has 0 N–H and O–H groups in total. The van der Waals surface area contributed by atoms with Crippen molar-refractivity contribution in [1.29, 1.82) is 0 Å². The van der Waals surface area contributed by atoms with Gasteiger partial charge in [0.05, 0.1) is 13.2 Å². The molecule has 0 aromatic rings. The van der Waals surface area contributed by atoms with E-state index in [-0.39, 0.29) is 6.42 Å². The highest BCUT2D eigenvalue weighted by molar-refractivity contribution is 5.91. The lowest BCUT2D eigenvalue weighted by Crippen LogP contribution is -2.48. The molecule has 0 unspecified atom stereocenters. The highest BCUT2D eigenvalue weighted by Gasteiger charge is 2.39. The van der Waals surface area contributed by atoms with Gasteiger partial charge in [0.1, 0.15) is 11.2 Å². The molecule has 0 spiro atoms. The molecule has 0 saturated heterocycles. The zero-order chi connectivity index (χ0) is 18.7. The van der Waals surface area contributed by atoms with E-state index in [1.54, 1.807) is 47.6 Å². The van der Waals surface area contributed by atoms with Gasteiger partial charge in [0.2, 0.25) is 0 Å². The molecule has 0 saturated carbocycles. The van der Waals surface area contributed by atoms with Crippen LogP contribution in [0.3, 0.4) is 0 Å². The second-order valence-electron chi connectivity index (χ2n) is 7.65. The van der Waals surface area contributed by atoms with Crippen molar-refractivity contribution in [2.24, 2.45) is 0 Å². The third-order valence-electron chi connectivity index (χ3n) is 3.08. The van der Waals surface area contributed by atoms with Crippen LogP contribution in [-0.2, 0) is 19.0 Å². The van der Waals surface area contributed by atoms with Crippen LogP contribution in [0.25, 0.3) is 0 Å². The van der Waals surface area contributed by atoms with Gasteiger partial charge in [-0.15, -0.1) is 0 Å². The second-order valence-corrected chi connectivity index (χ2v) is 7.65. The standard InChI is InChI=1S/C17H27NO6/c1-16(2,3)23-14(20)18(15(21)24-17(4,5)6)12-9-8-11(10-12)13(19)22-7/h8,12H,9-10H2,1-7H3/t12-/m1/s1. The summed E-state index contributed by atoms with van der Waals surface area (Å²) >= 11 is 0. The average molecular weight is 341 g/mol. The average Bonchev–Trinajstić information content (AvgIpc) is 2.82. The lowest BCUT2D eigenvalue weighted by atomic mass is 10.1. The molecule has 1 aliphatic rings. The van der Waals surface area contributed by atoms with Crippen LogP contribution in [0.1, 0.15) is 54.4 Å². The second kappa shape index (κ2) is 7.23. The van der Waals surface area contributed by atoms with E-state index in [1.165, 1.54) is 7.11 Å². The van der Waals surface area contributed by atoms with Gasteiger partial charge in [-0.3, -0.25) is 0 Å². The van der Waals surface area contributed by atoms with Crippen molar-refractivity contribution >= 4 is 18.2 Å². The quantitative estimate of drug-likeness (QED) is 0.565. The Morgan fingerprint density at radius 1 is 1.00 bits per heavy atom. The first kappa shape index (κ1) is 20.0. The summed E-state index contributed by atoms with van der Waals surface area (Å²) in [5.74, 6) is -0.467. The van der Waals surface area contributed by atoms with Gasteiger partial charge >= 0.3 is 18.2 Å². The summed E-state index contributed by atoms with van der Waals surface area (Å²) in [6, 6.07) is -0.538. The lowest BCUT2D eigenvalue weighted by Gasteiger charge is -2.31. The van der Waals surface area contributed by atoms with Crippen LogP contribution in [-0.4, -0.2) is 47.4 Å². The zero-order valence-electron chi connectivity index (χ0n) is 15.5. The van der Waals surface area contributed by atoms with Crippen LogP contribution in [0.4, 0.5) is 9.59 Å². The highest BCUT2D eigenvalue weighted by Crippen LogP contribution is 2.27. The minimum Gasteiger partial charge on any atom is -0.466 e. The monoisotopic (exact) mass is 341 g/mol. The van der Waals surface area contributed by atoms with Crippen LogP contribution >= 0.6 is 0 Å². The molecule has 7 nitrogen and oxygen atoms in total. The predicted molar refractivity (Wildman–Crippen MR) is 87.4 cm³/mol. The van der Waals surface area contributed by atoms with Crippen LogP contribution in [0.5, 0.6) is 0 Å². The van der Waals surface area contributed by atoms with Gasteiger partial charge in [-0.25, -0.2) is 19.3 Å². The summed E-state index contributed by atoms with van der Waals surface area (Å²) in [5.41, 5.74) is -1.08. The molecular formula is C17H27NO6. The normalized spacial score (nSPS) is 17.8. The smallest absolute Gasteiger partial charge is 0.420 e. The topological polar surface area (TPSA) is 82.1 Å². The third-order valence-corrected chi connectivity index (χ3v) is 3.08. The molecular weight excluding hydrogens is 314 g/mol. The van der Waals surface area contributed by atoms with E-state index < -0.39 is 35.4 Å². The van der Waals surface area contributed by atoms with E-state index in [0.717, 1.165) is 4.90 Å². The number of carbonyl (C=O) groups is 3. The molecule has 1 rings (SSSR count). The van der Waals surface area contributed by atoms with Crippen molar-refractivity contribution in [2.45, 2.75) is 71.6 Å². The van der Waals surface area contributed by atoms with E-state index >= 15 is 0 Å². The first-order valence-electron chi connectivity index (χ1n) is 7.86. The molecule has 136 valence electrons. The Kier molecular flexibility index (Phi) is 6.03. The minimum atomic E-state index is -0.790. The number of hydrogen-bond acceptors (Lipinski definition) is 6. The number of amides is 2. The van der Waals surface area contributed by atoms with Gasteiger partial charge in [-0.05, 0) is 48.0 Å². The van der Waals surface area contributed by atoms with E-state index in [4.69, 9.17) is 9.47 Å². The number of methoxy groups -OCH3 is 1. The van der Waals surface area contributed by atoms with Crippen LogP contribution < -0.4 is 0 Å². The van der Waals surface area contributed by atoms with E-state index in [2.05, 4.69) is 4.74 Å². The van der Waals surface area contributed by atoms with Crippen molar-refractivity contribution < 1.29 is 28.6 Å². The van der Waals surface area contributed by atoms with Gasteiger partial charge in [0.15, 0.2) is 0 Å². The van der Waals surface area contributed by atoms with Gasteiger partial charge in [0, 0.05) is 12.0 Å². The van der Waals surface area contributed by atoms with E-state index in [0.29, 0.717) is 12.0 Å². The van der Waals surface area contributed by atoms with Crippen molar-refractivity contribution in [2.75, 3.05) is 7.11 Å². The largest absolute Gasteiger partial charge is 0.466 e.